The predicted octanol–water partition coefficient (Wildman–Crippen LogP) is 3.48. The quantitative estimate of drug-likeness (QED) is 0.727. The van der Waals surface area contributed by atoms with E-state index in [1.165, 1.54) is 38.6 Å². The Morgan fingerprint density at radius 1 is 1.18 bits per heavy atom. The van der Waals surface area contributed by atoms with E-state index in [1.54, 1.807) is 7.11 Å². The molecule has 1 spiro atoms. The SMILES string of the molecule is COc1ccc(CNC(=O)C2Cn3ccnc3C3(CCN(CC4CCCCC4)CC3)O2)cc1. The molecule has 3 heterocycles. The molecule has 1 amide bonds. The summed E-state index contributed by atoms with van der Waals surface area (Å²) in [5.74, 6) is 2.58. The first-order valence-corrected chi connectivity index (χ1v) is 12.5. The summed E-state index contributed by atoms with van der Waals surface area (Å²) in [6.07, 6.45) is 12.0. The highest BCUT2D eigenvalue weighted by molar-refractivity contribution is 5.81. The van der Waals surface area contributed by atoms with Gasteiger partial charge in [-0.2, -0.15) is 0 Å². The molecule has 3 aliphatic rings. The van der Waals surface area contributed by atoms with E-state index in [0.29, 0.717) is 13.1 Å². The van der Waals surface area contributed by atoms with Crippen molar-refractivity contribution in [3.63, 3.8) is 0 Å². The first-order chi connectivity index (χ1) is 16.1. The maximum absolute atomic E-state index is 13.1. The molecule has 0 bridgehead atoms. The molecule has 7 heteroatoms. The van der Waals surface area contributed by atoms with Gasteiger partial charge in [0.05, 0.1) is 13.7 Å². The molecule has 178 valence electrons. The summed E-state index contributed by atoms with van der Waals surface area (Å²) in [7, 11) is 1.65. The number of amides is 1. The number of fused-ring (bicyclic) bond motifs is 2. The van der Waals surface area contributed by atoms with Crippen molar-refractivity contribution in [2.45, 2.75) is 69.7 Å². The van der Waals surface area contributed by atoms with E-state index in [4.69, 9.17) is 9.47 Å². The molecule has 2 aromatic rings. The number of aromatic nitrogens is 2. The number of rotatable bonds is 6. The number of methoxy groups -OCH3 is 1. The smallest absolute Gasteiger partial charge is 0.251 e. The van der Waals surface area contributed by atoms with Crippen molar-refractivity contribution in [1.29, 1.82) is 0 Å². The van der Waals surface area contributed by atoms with Gasteiger partial charge in [0.1, 0.15) is 17.2 Å². The summed E-state index contributed by atoms with van der Waals surface area (Å²) in [5, 5.41) is 3.07. The fraction of sp³-hybridized carbons (Fsp3) is 0.615. The number of carbonyl (C=O) groups is 1. The lowest BCUT2D eigenvalue weighted by Crippen LogP contribution is -2.54. The topological polar surface area (TPSA) is 68.6 Å². The zero-order valence-corrected chi connectivity index (χ0v) is 19.7. The molecule has 1 N–H and O–H groups in total. The van der Waals surface area contributed by atoms with Crippen molar-refractivity contribution in [2.75, 3.05) is 26.7 Å². The van der Waals surface area contributed by atoms with Crippen molar-refractivity contribution < 1.29 is 14.3 Å². The summed E-state index contributed by atoms with van der Waals surface area (Å²) >= 11 is 0. The third-order valence-corrected chi connectivity index (χ3v) is 7.68. The molecule has 1 aromatic heterocycles. The normalized spacial score (nSPS) is 23.2. The van der Waals surface area contributed by atoms with Crippen molar-refractivity contribution in [3.8, 4) is 5.75 Å². The van der Waals surface area contributed by atoms with E-state index < -0.39 is 11.7 Å². The Balaban J connectivity index is 1.21. The van der Waals surface area contributed by atoms with Gasteiger partial charge in [-0.05, 0) is 49.3 Å². The lowest BCUT2D eigenvalue weighted by Gasteiger charge is -2.46. The fourth-order valence-electron chi connectivity index (χ4n) is 5.75. The number of hydrogen-bond acceptors (Lipinski definition) is 5. The summed E-state index contributed by atoms with van der Waals surface area (Å²) in [6.45, 7) is 4.20. The maximum Gasteiger partial charge on any atom is 0.251 e. The standard InChI is InChI=1S/C26H36N4O3/c1-32-22-9-7-20(8-10-22)17-28-24(31)23-19-30-16-13-27-25(30)26(33-23)11-14-29(15-12-26)18-21-5-3-2-4-6-21/h7-10,13,16,21,23H,2-6,11-12,14-15,17-19H2,1H3,(H,28,31). The van der Waals surface area contributed by atoms with Gasteiger partial charge in [-0.1, -0.05) is 31.4 Å². The zero-order valence-electron chi connectivity index (χ0n) is 19.7. The first-order valence-electron chi connectivity index (χ1n) is 12.5. The highest BCUT2D eigenvalue weighted by Crippen LogP contribution is 2.40. The van der Waals surface area contributed by atoms with Crippen LogP contribution in [0.3, 0.4) is 0 Å². The number of benzene rings is 1. The number of likely N-dealkylation sites (tertiary alicyclic amines) is 1. The molecule has 1 aliphatic carbocycles. The maximum atomic E-state index is 13.1. The largest absolute Gasteiger partial charge is 0.497 e. The Morgan fingerprint density at radius 2 is 1.94 bits per heavy atom. The second-order valence-corrected chi connectivity index (χ2v) is 9.87. The third-order valence-electron chi connectivity index (χ3n) is 7.68. The zero-order chi connectivity index (χ0) is 22.7. The Kier molecular flexibility index (Phi) is 6.69. The van der Waals surface area contributed by atoms with Crippen LogP contribution in [0.4, 0.5) is 0 Å². The van der Waals surface area contributed by atoms with Crippen LogP contribution in [-0.2, 0) is 28.2 Å². The molecular weight excluding hydrogens is 416 g/mol. The number of carbonyl (C=O) groups excluding carboxylic acids is 1. The third kappa shape index (κ3) is 4.94. The molecule has 1 aromatic carbocycles. The van der Waals surface area contributed by atoms with E-state index in [1.807, 2.05) is 36.7 Å². The van der Waals surface area contributed by atoms with Gasteiger partial charge in [0.25, 0.3) is 5.91 Å². The van der Waals surface area contributed by atoms with Crippen LogP contribution >= 0.6 is 0 Å². The predicted molar refractivity (Wildman–Crippen MR) is 126 cm³/mol. The van der Waals surface area contributed by atoms with Crippen LogP contribution in [0.5, 0.6) is 5.75 Å². The molecule has 1 saturated heterocycles. The minimum atomic E-state index is -0.505. The average molecular weight is 453 g/mol. The summed E-state index contributed by atoms with van der Waals surface area (Å²) in [5.41, 5.74) is 0.571. The van der Waals surface area contributed by atoms with Gasteiger partial charge in [-0.3, -0.25) is 4.79 Å². The lowest BCUT2D eigenvalue weighted by atomic mass is 9.85. The Bertz CT molecular complexity index is 927. The number of ether oxygens (including phenoxy) is 2. The van der Waals surface area contributed by atoms with Crippen molar-refractivity contribution in [2.24, 2.45) is 5.92 Å². The second-order valence-electron chi connectivity index (χ2n) is 9.87. The van der Waals surface area contributed by atoms with E-state index in [-0.39, 0.29) is 5.91 Å². The molecule has 33 heavy (non-hydrogen) atoms. The van der Waals surface area contributed by atoms with Gasteiger partial charge in [-0.25, -0.2) is 4.98 Å². The number of hydrogen-bond donors (Lipinski definition) is 1. The van der Waals surface area contributed by atoms with Crippen molar-refractivity contribution in [3.05, 3.63) is 48.0 Å². The average Bonchev–Trinajstić information content (AvgIpc) is 3.35. The Morgan fingerprint density at radius 3 is 2.67 bits per heavy atom. The van der Waals surface area contributed by atoms with Gasteiger partial charge in [0.15, 0.2) is 6.10 Å². The molecule has 2 aliphatic heterocycles. The molecule has 5 rings (SSSR count). The molecule has 2 fully saturated rings. The lowest BCUT2D eigenvalue weighted by molar-refractivity contribution is -0.174. The summed E-state index contributed by atoms with van der Waals surface area (Å²) in [4.78, 5) is 20.3. The molecule has 7 nitrogen and oxygen atoms in total. The van der Waals surface area contributed by atoms with Crippen LogP contribution in [0.2, 0.25) is 0 Å². The molecule has 1 atom stereocenters. The van der Waals surface area contributed by atoms with E-state index in [0.717, 1.165) is 49.0 Å². The minimum absolute atomic E-state index is 0.0609. The first kappa shape index (κ1) is 22.4. The molecule has 0 radical (unpaired) electrons. The van der Waals surface area contributed by atoms with Gasteiger partial charge < -0.3 is 24.3 Å². The number of nitrogens with one attached hydrogen (secondary N) is 1. The van der Waals surface area contributed by atoms with Gasteiger partial charge in [0.2, 0.25) is 0 Å². The van der Waals surface area contributed by atoms with Gasteiger partial charge in [0, 0.05) is 38.6 Å². The van der Waals surface area contributed by atoms with Crippen LogP contribution < -0.4 is 10.1 Å². The van der Waals surface area contributed by atoms with Crippen LogP contribution in [0.25, 0.3) is 0 Å². The summed E-state index contributed by atoms with van der Waals surface area (Å²) < 4.78 is 13.9. The Labute approximate surface area is 196 Å². The van der Waals surface area contributed by atoms with Crippen LogP contribution in [0, 0.1) is 5.92 Å². The van der Waals surface area contributed by atoms with E-state index >= 15 is 0 Å². The Hall–Kier alpha value is -2.38. The van der Waals surface area contributed by atoms with E-state index in [9.17, 15) is 4.79 Å². The van der Waals surface area contributed by atoms with Crippen molar-refractivity contribution >= 4 is 5.91 Å². The highest BCUT2D eigenvalue weighted by Gasteiger charge is 2.47. The number of imidazole rings is 1. The van der Waals surface area contributed by atoms with Gasteiger partial charge in [-0.15, -0.1) is 0 Å². The van der Waals surface area contributed by atoms with Crippen LogP contribution in [-0.4, -0.2) is 53.2 Å². The fourth-order valence-corrected chi connectivity index (χ4v) is 5.75. The van der Waals surface area contributed by atoms with Crippen LogP contribution in [0.1, 0.15) is 56.3 Å². The second kappa shape index (κ2) is 9.85. The molecule has 1 saturated carbocycles. The van der Waals surface area contributed by atoms with Gasteiger partial charge >= 0.3 is 0 Å². The van der Waals surface area contributed by atoms with Crippen molar-refractivity contribution in [1.82, 2.24) is 19.8 Å². The van der Waals surface area contributed by atoms with E-state index in [2.05, 4.69) is 19.8 Å². The molecular formula is C26H36N4O3. The van der Waals surface area contributed by atoms with Crippen LogP contribution in [0.15, 0.2) is 36.7 Å². The number of piperidine rings is 1. The summed E-state index contributed by atoms with van der Waals surface area (Å²) in [6, 6.07) is 7.76. The highest BCUT2D eigenvalue weighted by atomic mass is 16.5. The minimum Gasteiger partial charge on any atom is -0.497 e. The number of nitrogens with zero attached hydrogens (tertiary/aromatic N) is 3. The molecule has 1 unspecified atom stereocenters. The monoisotopic (exact) mass is 452 g/mol.